The lowest BCUT2D eigenvalue weighted by Crippen LogP contribution is -2.52. The van der Waals surface area contributed by atoms with Gasteiger partial charge in [-0.25, -0.2) is 0 Å². The SMILES string of the molecule is NC1=NCC2(CCOC2)N1c1ccc(Br)cc1. The van der Waals surface area contributed by atoms with E-state index in [4.69, 9.17) is 10.5 Å². The predicted octanol–water partition coefficient (Wildman–Crippen LogP) is 1.74. The molecule has 2 N–H and O–H groups in total. The zero-order valence-corrected chi connectivity index (χ0v) is 11.0. The minimum Gasteiger partial charge on any atom is -0.379 e. The van der Waals surface area contributed by atoms with Crippen LogP contribution in [-0.2, 0) is 4.74 Å². The molecule has 1 aromatic carbocycles. The second-order valence-corrected chi connectivity index (χ2v) is 5.43. The van der Waals surface area contributed by atoms with Crippen molar-refractivity contribution >= 4 is 27.6 Å². The summed E-state index contributed by atoms with van der Waals surface area (Å²) in [5.74, 6) is 0.595. The number of guanidine groups is 1. The minimum atomic E-state index is -0.0576. The monoisotopic (exact) mass is 295 g/mol. The quantitative estimate of drug-likeness (QED) is 0.859. The molecule has 3 rings (SSSR count). The summed E-state index contributed by atoms with van der Waals surface area (Å²) in [4.78, 5) is 6.50. The highest BCUT2D eigenvalue weighted by Crippen LogP contribution is 2.35. The van der Waals surface area contributed by atoms with Crippen LogP contribution in [0.2, 0.25) is 0 Å². The van der Waals surface area contributed by atoms with Gasteiger partial charge in [0.05, 0.1) is 18.7 Å². The van der Waals surface area contributed by atoms with Gasteiger partial charge in [0.25, 0.3) is 0 Å². The summed E-state index contributed by atoms with van der Waals surface area (Å²) in [6, 6.07) is 8.14. The molecule has 1 fully saturated rings. The van der Waals surface area contributed by atoms with E-state index in [2.05, 4.69) is 38.0 Å². The van der Waals surface area contributed by atoms with Crippen molar-refractivity contribution in [3.63, 3.8) is 0 Å². The average molecular weight is 296 g/mol. The number of halogens is 1. The lowest BCUT2D eigenvalue weighted by atomic mass is 9.97. The van der Waals surface area contributed by atoms with Crippen LogP contribution in [0.1, 0.15) is 6.42 Å². The van der Waals surface area contributed by atoms with E-state index in [1.54, 1.807) is 0 Å². The van der Waals surface area contributed by atoms with Gasteiger partial charge in [-0.3, -0.25) is 4.99 Å². The van der Waals surface area contributed by atoms with Crippen LogP contribution < -0.4 is 10.6 Å². The number of hydrogen-bond donors (Lipinski definition) is 1. The van der Waals surface area contributed by atoms with Crippen molar-refractivity contribution in [2.24, 2.45) is 10.7 Å². The Hall–Kier alpha value is -1.07. The molecule has 0 aliphatic carbocycles. The third kappa shape index (κ3) is 1.73. The van der Waals surface area contributed by atoms with Gasteiger partial charge in [-0.2, -0.15) is 0 Å². The summed E-state index contributed by atoms with van der Waals surface area (Å²) in [6.07, 6.45) is 0.979. The molecule has 0 amide bonds. The summed E-state index contributed by atoms with van der Waals surface area (Å²) in [5.41, 5.74) is 7.04. The van der Waals surface area contributed by atoms with Gasteiger partial charge in [-0.1, -0.05) is 15.9 Å². The first-order chi connectivity index (χ1) is 8.21. The number of nitrogens with zero attached hydrogens (tertiary/aromatic N) is 2. The molecule has 1 unspecified atom stereocenters. The maximum Gasteiger partial charge on any atom is 0.196 e. The van der Waals surface area contributed by atoms with Crippen LogP contribution in [0.15, 0.2) is 33.7 Å². The van der Waals surface area contributed by atoms with Crippen LogP contribution >= 0.6 is 15.9 Å². The lowest BCUT2D eigenvalue weighted by molar-refractivity contribution is 0.181. The fourth-order valence-electron chi connectivity index (χ4n) is 2.51. The largest absolute Gasteiger partial charge is 0.379 e. The fraction of sp³-hybridized carbons (Fsp3) is 0.417. The molecule has 5 heteroatoms. The molecule has 90 valence electrons. The molecule has 17 heavy (non-hydrogen) atoms. The molecule has 0 bridgehead atoms. The van der Waals surface area contributed by atoms with Crippen molar-refractivity contribution in [2.75, 3.05) is 24.7 Å². The molecule has 0 saturated carbocycles. The van der Waals surface area contributed by atoms with E-state index in [9.17, 15) is 0 Å². The van der Waals surface area contributed by atoms with E-state index in [1.165, 1.54) is 0 Å². The zero-order chi connectivity index (χ0) is 11.9. The maximum absolute atomic E-state index is 6.01. The molecule has 1 spiro atoms. The van der Waals surface area contributed by atoms with Gasteiger partial charge < -0.3 is 15.4 Å². The Kier molecular flexibility index (Phi) is 2.60. The molecule has 1 aromatic rings. The maximum atomic E-state index is 6.01. The van der Waals surface area contributed by atoms with Crippen molar-refractivity contribution in [1.82, 2.24) is 0 Å². The molecule has 2 aliphatic rings. The average Bonchev–Trinajstić information content (AvgIpc) is 2.91. The number of hydrogen-bond acceptors (Lipinski definition) is 4. The fourth-order valence-corrected chi connectivity index (χ4v) is 2.77. The number of aliphatic imine (C=N–C) groups is 1. The van der Waals surface area contributed by atoms with Gasteiger partial charge in [-0.05, 0) is 30.7 Å². The first kappa shape index (κ1) is 11.0. The van der Waals surface area contributed by atoms with Crippen LogP contribution in [0.3, 0.4) is 0 Å². The number of benzene rings is 1. The Bertz CT molecular complexity index is 451. The molecule has 1 saturated heterocycles. The predicted molar refractivity (Wildman–Crippen MR) is 71.3 cm³/mol. The molecule has 2 heterocycles. The van der Waals surface area contributed by atoms with Gasteiger partial charge in [0, 0.05) is 16.8 Å². The van der Waals surface area contributed by atoms with Crippen LogP contribution in [-0.4, -0.2) is 31.3 Å². The number of anilines is 1. The van der Waals surface area contributed by atoms with Gasteiger partial charge in [-0.15, -0.1) is 0 Å². The second kappa shape index (κ2) is 3.99. The Morgan fingerprint density at radius 2 is 2.12 bits per heavy atom. The van der Waals surface area contributed by atoms with Crippen molar-refractivity contribution in [3.05, 3.63) is 28.7 Å². The van der Waals surface area contributed by atoms with Crippen LogP contribution in [0.25, 0.3) is 0 Å². The third-order valence-electron chi connectivity index (χ3n) is 3.41. The van der Waals surface area contributed by atoms with E-state index in [0.29, 0.717) is 12.6 Å². The highest BCUT2D eigenvalue weighted by atomic mass is 79.9. The zero-order valence-electron chi connectivity index (χ0n) is 9.40. The topological polar surface area (TPSA) is 50.9 Å². The first-order valence-electron chi connectivity index (χ1n) is 5.65. The van der Waals surface area contributed by atoms with Crippen LogP contribution in [0, 0.1) is 0 Å². The summed E-state index contributed by atoms with van der Waals surface area (Å²) in [7, 11) is 0. The molecule has 0 aromatic heterocycles. The van der Waals surface area contributed by atoms with Crippen molar-refractivity contribution in [1.29, 1.82) is 0 Å². The standard InChI is InChI=1S/C12H14BrN3O/c13-9-1-3-10(4-2-9)16-11(14)15-7-12(16)5-6-17-8-12/h1-4H,5-8H2,(H2,14,15). The molecule has 2 aliphatic heterocycles. The van der Waals surface area contributed by atoms with Crippen molar-refractivity contribution < 1.29 is 4.74 Å². The van der Waals surface area contributed by atoms with E-state index >= 15 is 0 Å². The van der Waals surface area contributed by atoms with E-state index < -0.39 is 0 Å². The Labute approximate surface area is 109 Å². The molecule has 0 radical (unpaired) electrons. The van der Waals surface area contributed by atoms with E-state index in [1.807, 2.05) is 12.1 Å². The third-order valence-corrected chi connectivity index (χ3v) is 3.93. The van der Waals surface area contributed by atoms with Crippen LogP contribution in [0.5, 0.6) is 0 Å². The normalized spacial score (nSPS) is 27.8. The molecular formula is C12H14BrN3O. The van der Waals surface area contributed by atoms with E-state index in [-0.39, 0.29) is 5.54 Å². The summed E-state index contributed by atoms with van der Waals surface area (Å²) in [6.45, 7) is 2.22. The van der Waals surface area contributed by atoms with Gasteiger partial charge in [0.15, 0.2) is 5.96 Å². The molecular weight excluding hydrogens is 282 g/mol. The first-order valence-corrected chi connectivity index (χ1v) is 6.44. The number of rotatable bonds is 1. The Morgan fingerprint density at radius 3 is 2.76 bits per heavy atom. The van der Waals surface area contributed by atoms with Gasteiger partial charge >= 0.3 is 0 Å². The highest BCUT2D eigenvalue weighted by Gasteiger charge is 2.46. The smallest absolute Gasteiger partial charge is 0.196 e. The summed E-state index contributed by atoms with van der Waals surface area (Å²) in [5, 5.41) is 0. The van der Waals surface area contributed by atoms with Gasteiger partial charge in [0.1, 0.15) is 0 Å². The number of nitrogens with two attached hydrogens (primary N) is 1. The Balaban J connectivity index is 1.98. The van der Waals surface area contributed by atoms with Crippen molar-refractivity contribution in [3.8, 4) is 0 Å². The minimum absolute atomic E-state index is 0.0576. The molecule has 1 atom stereocenters. The summed E-state index contributed by atoms with van der Waals surface area (Å²) < 4.78 is 6.59. The number of ether oxygens (including phenoxy) is 1. The second-order valence-electron chi connectivity index (χ2n) is 4.51. The van der Waals surface area contributed by atoms with E-state index in [0.717, 1.165) is 29.7 Å². The lowest BCUT2D eigenvalue weighted by Gasteiger charge is -2.34. The molecule has 4 nitrogen and oxygen atoms in total. The van der Waals surface area contributed by atoms with Crippen molar-refractivity contribution in [2.45, 2.75) is 12.0 Å². The summed E-state index contributed by atoms with van der Waals surface area (Å²) >= 11 is 3.44. The Morgan fingerprint density at radius 1 is 1.35 bits per heavy atom. The van der Waals surface area contributed by atoms with Crippen LogP contribution in [0.4, 0.5) is 5.69 Å². The highest BCUT2D eigenvalue weighted by molar-refractivity contribution is 9.10. The van der Waals surface area contributed by atoms with Gasteiger partial charge in [0.2, 0.25) is 0 Å².